The predicted octanol–water partition coefficient (Wildman–Crippen LogP) is 2.58. The SMILES string of the molecule is Cc1cc(NCCN2CCC(C)CC2)nc(Cl)n1. The van der Waals surface area contributed by atoms with Gasteiger partial charge in [-0.1, -0.05) is 6.92 Å². The van der Waals surface area contributed by atoms with Crippen LogP contribution in [0.15, 0.2) is 6.07 Å². The lowest BCUT2D eigenvalue weighted by Gasteiger charge is -2.30. The molecule has 0 saturated carbocycles. The zero-order valence-electron chi connectivity index (χ0n) is 11.1. The monoisotopic (exact) mass is 268 g/mol. The fourth-order valence-electron chi connectivity index (χ4n) is 2.25. The number of nitrogens with one attached hydrogen (secondary N) is 1. The van der Waals surface area contributed by atoms with Crippen LogP contribution in [0.1, 0.15) is 25.5 Å². The number of halogens is 1. The van der Waals surface area contributed by atoms with Gasteiger partial charge in [0, 0.05) is 24.8 Å². The molecule has 0 atom stereocenters. The molecule has 2 heterocycles. The first-order valence-electron chi connectivity index (χ1n) is 6.61. The summed E-state index contributed by atoms with van der Waals surface area (Å²) in [5.74, 6) is 1.70. The Morgan fingerprint density at radius 3 is 2.78 bits per heavy atom. The number of piperidine rings is 1. The van der Waals surface area contributed by atoms with Crippen LogP contribution in [0.25, 0.3) is 0 Å². The molecule has 5 heteroatoms. The lowest BCUT2D eigenvalue weighted by Crippen LogP contribution is -2.36. The van der Waals surface area contributed by atoms with Crippen molar-refractivity contribution >= 4 is 17.4 Å². The van der Waals surface area contributed by atoms with E-state index >= 15 is 0 Å². The summed E-state index contributed by atoms with van der Waals surface area (Å²) >= 11 is 5.82. The van der Waals surface area contributed by atoms with Crippen LogP contribution in [-0.4, -0.2) is 41.0 Å². The molecule has 0 aromatic carbocycles. The van der Waals surface area contributed by atoms with E-state index in [1.54, 1.807) is 0 Å². The summed E-state index contributed by atoms with van der Waals surface area (Å²) in [6.45, 7) is 8.65. The zero-order valence-corrected chi connectivity index (χ0v) is 11.9. The van der Waals surface area contributed by atoms with Crippen LogP contribution in [0.5, 0.6) is 0 Å². The normalized spacial score (nSPS) is 17.9. The van der Waals surface area contributed by atoms with E-state index in [0.29, 0.717) is 5.28 Å². The fraction of sp³-hybridized carbons (Fsp3) is 0.692. The van der Waals surface area contributed by atoms with Gasteiger partial charge < -0.3 is 10.2 Å². The van der Waals surface area contributed by atoms with Gasteiger partial charge in [-0.15, -0.1) is 0 Å². The lowest BCUT2D eigenvalue weighted by molar-refractivity contribution is 0.199. The molecule has 1 N–H and O–H groups in total. The van der Waals surface area contributed by atoms with Gasteiger partial charge in [-0.2, -0.15) is 0 Å². The maximum absolute atomic E-state index is 5.82. The van der Waals surface area contributed by atoms with Gasteiger partial charge >= 0.3 is 0 Å². The Morgan fingerprint density at radius 1 is 1.39 bits per heavy atom. The molecular weight excluding hydrogens is 248 g/mol. The van der Waals surface area contributed by atoms with Crippen molar-refractivity contribution in [2.45, 2.75) is 26.7 Å². The van der Waals surface area contributed by atoms with Crippen LogP contribution < -0.4 is 5.32 Å². The van der Waals surface area contributed by atoms with Crippen molar-refractivity contribution in [2.75, 3.05) is 31.5 Å². The third-order valence-corrected chi connectivity index (χ3v) is 3.61. The molecule has 1 aliphatic heterocycles. The highest BCUT2D eigenvalue weighted by molar-refractivity contribution is 6.28. The van der Waals surface area contributed by atoms with Crippen molar-refractivity contribution in [1.82, 2.24) is 14.9 Å². The minimum Gasteiger partial charge on any atom is -0.369 e. The van der Waals surface area contributed by atoms with E-state index in [4.69, 9.17) is 11.6 Å². The Hall–Kier alpha value is -0.870. The minimum absolute atomic E-state index is 0.310. The third-order valence-electron chi connectivity index (χ3n) is 3.44. The Labute approximate surface area is 114 Å². The molecule has 0 amide bonds. The summed E-state index contributed by atoms with van der Waals surface area (Å²) in [6, 6.07) is 1.92. The molecule has 0 aliphatic carbocycles. The average Bonchev–Trinajstić information content (AvgIpc) is 2.30. The van der Waals surface area contributed by atoms with Gasteiger partial charge in [0.25, 0.3) is 0 Å². The van der Waals surface area contributed by atoms with Crippen molar-refractivity contribution in [1.29, 1.82) is 0 Å². The fourth-order valence-corrected chi connectivity index (χ4v) is 2.48. The number of anilines is 1. The van der Waals surface area contributed by atoms with Crippen LogP contribution in [0, 0.1) is 12.8 Å². The first kappa shape index (κ1) is 13.6. The molecule has 2 rings (SSSR count). The van der Waals surface area contributed by atoms with Crippen LogP contribution >= 0.6 is 11.6 Å². The molecule has 4 nitrogen and oxygen atoms in total. The molecule has 1 saturated heterocycles. The lowest BCUT2D eigenvalue weighted by atomic mass is 9.99. The summed E-state index contributed by atoms with van der Waals surface area (Å²) in [7, 11) is 0. The van der Waals surface area contributed by atoms with E-state index in [-0.39, 0.29) is 0 Å². The number of aromatic nitrogens is 2. The minimum atomic E-state index is 0.310. The number of aryl methyl sites for hydroxylation is 1. The molecule has 1 fully saturated rings. The second-order valence-electron chi connectivity index (χ2n) is 5.11. The maximum atomic E-state index is 5.82. The zero-order chi connectivity index (χ0) is 13.0. The smallest absolute Gasteiger partial charge is 0.224 e. The topological polar surface area (TPSA) is 41.0 Å². The van der Waals surface area contributed by atoms with Gasteiger partial charge in [0.15, 0.2) is 0 Å². The van der Waals surface area contributed by atoms with Crippen molar-refractivity contribution in [3.63, 3.8) is 0 Å². The number of nitrogens with zero attached hydrogens (tertiary/aromatic N) is 3. The Kier molecular flexibility index (Phi) is 4.78. The van der Waals surface area contributed by atoms with Gasteiger partial charge in [0.1, 0.15) is 5.82 Å². The number of rotatable bonds is 4. The predicted molar refractivity (Wildman–Crippen MR) is 75.1 cm³/mol. The van der Waals surface area contributed by atoms with Crippen molar-refractivity contribution < 1.29 is 0 Å². The highest BCUT2D eigenvalue weighted by Gasteiger charge is 2.14. The Bertz CT molecular complexity index is 368. The molecule has 0 unspecified atom stereocenters. The Balaban J connectivity index is 1.74. The second kappa shape index (κ2) is 6.34. The molecule has 0 spiro atoms. The number of likely N-dealkylation sites (tertiary alicyclic amines) is 1. The van der Waals surface area contributed by atoms with Crippen LogP contribution in [0.4, 0.5) is 5.82 Å². The maximum Gasteiger partial charge on any atom is 0.224 e. The van der Waals surface area contributed by atoms with Gasteiger partial charge in [-0.25, -0.2) is 9.97 Å². The third kappa shape index (κ3) is 4.10. The molecule has 18 heavy (non-hydrogen) atoms. The second-order valence-corrected chi connectivity index (χ2v) is 5.45. The van der Waals surface area contributed by atoms with Crippen molar-refractivity contribution in [3.8, 4) is 0 Å². The highest BCUT2D eigenvalue weighted by Crippen LogP contribution is 2.15. The van der Waals surface area contributed by atoms with Gasteiger partial charge in [-0.3, -0.25) is 0 Å². The van der Waals surface area contributed by atoms with Crippen molar-refractivity contribution in [2.24, 2.45) is 5.92 Å². The van der Waals surface area contributed by atoms with Crippen LogP contribution in [0.2, 0.25) is 5.28 Å². The molecule has 1 aliphatic rings. The average molecular weight is 269 g/mol. The largest absolute Gasteiger partial charge is 0.369 e. The van der Waals surface area contributed by atoms with Gasteiger partial charge in [0.05, 0.1) is 0 Å². The number of hydrogen-bond donors (Lipinski definition) is 1. The first-order valence-corrected chi connectivity index (χ1v) is 6.98. The van der Waals surface area contributed by atoms with E-state index in [2.05, 4.69) is 27.1 Å². The Morgan fingerprint density at radius 2 is 2.11 bits per heavy atom. The van der Waals surface area contributed by atoms with E-state index in [1.807, 2.05) is 13.0 Å². The molecule has 1 aromatic heterocycles. The number of hydrogen-bond acceptors (Lipinski definition) is 4. The molecule has 100 valence electrons. The van der Waals surface area contributed by atoms with E-state index in [1.165, 1.54) is 25.9 Å². The summed E-state index contributed by atoms with van der Waals surface area (Å²) in [5.41, 5.74) is 0.893. The summed E-state index contributed by atoms with van der Waals surface area (Å²) < 4.78 is 0. The standard InChI is InChI=1S/C13H21ClN4/c1-10-3-6-18(7-4-10)8-5-15-12-9-11(2)16-13(14)17-12/h9-10H,3-8H2,1-2H3,(H,15,16,17). The van der Waals surface area contributed by atoms with Gasteiger partial charge in [0.2, 0.25) is 5.28 Å². The molecule has 0 bridgehead atoms. The molecule has 1 aromatic rings. The van der Waals surface area contributed by atoms with E-state index in [0.717, 1.165) is 30.5 Å². The van der Waals surface area contributed by atoms with E-state index in [9.17, 15) is 0 Å². The van der Waals surface area contributed by atoms with E-state index < -0.39 is 0 Å². The summed E-state index contributed by atoms with van der Waals surface area (Å²) in [6.07, 6.45) is 2.64. The van der Waals surface area contributed by atoms with Crippen LogP contribution in [-0.2, 0) is 0 Å². The first-order chi connectivity index (χ1) is 8.63. The summed E-state index contributed by atoms with van der Waals surface area (Å²) in [4.78, 5) is 10.7. The van der Waals surface area contributed by atoms with Crippen LogP contribution in [0.3, 0.4) is 0 Å². The highest BCUT2D eigenvalue weighted by atomic mass is 35.5. The van der Waals surface area contributed by atoms with Crippen molar-refractivity contribution in [3.05, 3.63) is 17.0 Å². The quantitative estimate of drug-likeness (QED) is 0.853. The summed E-state index contributed by atoms with van der Waals surface area (Å²) in [5, 5.41) is 3.62. The molecule has 0 radical (unpaired) electrons. The molecular formula is C13H21ClN4. The van der Waals surface area contributed by atoms with Gasteiger partial charge in [-0.05, 0) is 50.4 Å².